The minimum absolute atomic E-state index is 0.192. The molecule has 0 saturated heterocycles. The first-order chi connectivity index (χ1) is 9.55. The smallest absolute Gasteiger partial charge is 0.0789 e. The highest BCUT2D eigenvalue weighted by Gasteiger charge is 2.18. The van der Waals surface area contributed by atoms with Crippen LogP contribution >= 0.6 is 0 Å². The number of allylic oxidation sites excluding steroid dienone is 3. The van der Waals surface area contributed by atoms with Gasteiger partial charge in [-0.3, -0.25) is 4.99 Å². The normalized spacial score (nSPS) is 18.9. The molecule has 1 heterocycles. The van der Waals surface area contributed by atoms with Crippen LogP contribution < -0.4 is 0 Å². The highest BCUT2D eigenvalue weighted by atomic mass is 14.8. The lowest BCUT2D eigenvalue weighted by Gasteiger charge is -2.21. The second kappa shape index (κ2) is 6.04. The molecule has 0 bridgehead atoms. The minimum Gasteiger partial charge on any atom is -0.284 e. The molecule has 1 heteroatoms. The van der Waals surface area contributed by atoms with Gasteiger partial charge in [0.25, 0.3) is 0 Å². The molecule has 1 aromatic carbocycles. The maximum Gasteiger partial charge on any atom is 0.0789 e. The van der Waals surface area contributed by atoms with Gasteiger partial charge in [-0.05, 0) is 68.0 Å². The molecule has 1 aromatic rings. The number of rotatable bonds is 3. The van der Waals surface area contributed by atoms with Gasteiger partial charge in [-0.1, -0.05) is 36.4 Å². The zero-order valence-corrected chi connectivity index (χ0v) is 12.9. The van der Waals surface area contributed by atoms with Gasteiger partial charge < -0.3 is 0 Å². The molecule has 0 radical (unpaired) electrons. The average Bonchev–Trinajstić information content (AvgIpc) is 2.45. The zero-order valence-electron chi connectivity index (χ0n) is 12.9. The lowest BCUT2D eigenvalue weighted by molar-refractivity contribution is 0.772. The fourth-order valence-electron chi connectivity index (χ4n) is 2.47. The van der Waals surface area contributed by atoms with E-state index >= 15 is 0 Å². The number of nitrogens with zero attached hydrogens (tertiary/aromatic N) is 1. The molecule has 1 aliphatic rings. The molecule has 0 saturated carbocycles. The molecule has 0 N–H and O–H groups in total. The molecule has 2 rings (SSSR count). The second-order valence-electron chi connectivity index (χ2n) is 5.51. The standard InChI is InChI=1S/C19H23N/c1-6-13(3)8-16(7-2)19-11-17-9-14(4)15(5)10-18(17)12-20-19/h6-10,12,19H,2,11H2,1,3-5H3/b13-6-,16-8+. The van der Waals surface area contributed by atoms with Crippen molar-refractivity contribution in [2.75, 3.05) is 0 Å². The third-order valence-corrected chi connectivity index (χ3v) is 4.03. The van der Waals surface area contributed by atoms with Crippen molar-refractivity contribution >= 4 is 6.21 Å². The van der Waals surface area contributed by atoms with Crippen LogP contribution in [0.2, 0.25) is 0 Å². The molecule has 1 unspecified atom stereocenters. The van der Waals surface area contributed by atoms with Crippen LogP contribution in [-0.4, -0.2) is 12.3 Å². The summed E-state index contributed by atoms with van der Waals surface area (Å²) in [6, 6.07) is 4.72. The van der Waals surface area contributed by atoms with Crippen LogP contribution in [0.4, 0.5) is 0 Å². The predicted octanol–water partition coefficient (Wildman–Crippen LogP) is 4.73. The lowest BCUT2D eigenvalue weighted by atomic mass is 9.90. The molecular formula is C19H23N. The van der Waals surface area contributed by atoms with Crippen LogP contribution in [0.5, 0.6) is 0 Å². The number of fused-ring (bicyclic) bond motifs is 1. The van der Waals surface area contributed by atoms with Gasteiger partial charge in [0.1, 0.15) is 0 Å². The van der Waals surface area contributed by atoms with Crippen molar-refractivity contribution in [3.63, 3.8) is 0 Å². The van der Waals surface area contributed by atoms with E-state index in [9.17, 15) is 0 Å². The molecule has 104 valence electrons. The van der Waals surface area contributed by atoms with Gasteiger partial charge in [-0.15, -0.1) is 0 Å². The van der Waals surface area contributed by atoms with E-state index in [1.54, 1.807) is 0 Å². The number of hydrogen-bond acceptors (Lipinski definition) is 1. The molecule has 0 aliphatic carbocycles. The van der Waals surface area contributed by atoms with E-state index in [0.29, 0.717) is 0 Å². The SMILES string of the molecule is C=C/C(=C\C(C)=C/C)C1Cc2cc(C)c(C)cc2C=N1. The monoisotopic (exact) mass is 265 g/mol. The molecule has 1 nitrogen and oxygen atoms in total. The van der Waals surface area contributed by atoms with Gasteiger partial charge in [0, 0.05) is 6.21 Å². The van der Waals surface area contributed by atoms with Gasteiger partial charge in [0.2, 0.25) is 0 Å². The Morgan fingerprint density at radius 1 is 1.30 bits per heavy atom. The van der Waals surface area contributed by atoms with E-state index in [2.05, 4.69) is 58.6 Å². The third-order valence-electron chi connectivity index (χ3n) is 4.03. The Balaban J connectivity index is 2.34. The molecule has 0 spiro atoms. The van der Waals surface area contributed by atoms with Gasteiger partial charge in [0.15, 0.2) is 0 Å². The quantitative estimate of drug-likeness (QED) is 0.701. The van der Waals surface area contributed by atoms with Gasteiger partial charge in [-0.25, -0.2) is 0 Å². The van der Waals surface area contributed by atoms with Crippen molar-refractivity contribution in [2.45, 2.75) is 40.2 Å². The summed E-state index contributed by atoms with van der Waals surface area (Å²) >= 11 is 0. The number of aryl methyl sites for hydroxylation is 2. The Kier molecular flexibility index (Phi) is 4.39. The molecule has 0 amide bonds. The first kappa shape index (κ1) is 14.5. The maximum atomic E-state index is 4.71. The molecule has 1 aliphatic heterocycles. The highest BCUT2D eigenvalue weighted by Crippen LogP contribution is 2.24. The van der Waals surface area contributed by atoms with Crippen molar-refractivity contribution in [1.29, 1.82) is 0 Å². The van der Waals surface area contributed by atoms with Crippen LogP contribution in [-0.2, 0) is 6.42 Å². The van der Waals surface area contributed by atoms with Crippen molar-refractivity contribution in [2.24, 2.45) is 4.99 Å². The lowest BCUT2D eigenvalue weighted by Crippen LogP contribution is -2.17. The van der Waals surface area contributed by atoms with E-state index in [-0.39, 0.29) is 6.04 Å². The third kappa shape index (κ3) is 2.98. The van der Waals surface area contributed by atoms with Gasteiger partial charge >= 0.3 is 0 Å². The van der Waals surface area contributed by atoms with E-state index in [1.807, 2.05) is 12.3 Å². The number of aliphatic imine (C=N–C) groups is 1. The maximum absolute atomic E-state index is 4.71. The molecular weight excluding hydrogens is 242 g/mol. The summed E-state index contributed by atoms with van der Waals surface area (Å²) < 4.78 is 0. The predicted molar refractivity (Wildman–Crippen MR) is 88.7 cm³/mol. The fourth-order valence-corrected chi connectivity index (χ4v) is 2.47. The average molecular weight is 265 g/mol. The zero-order chi connectivity index (χ0) is 14.7. The summed E-state index contributed by atoms with van der Waals surface area (Å²) in [6.07, 6.45) is 9.19. The largest absolute Gasteiger partial charge is 0.284 e. The second-order valence-corrected chi connectivity index (χ2v) is 5.51. The first-order valence-electron chi connectivity index (χ1n) is 7.15. The summed E-state index contributed by atoms with van der Waals surface area (Å²) in [5.74, 6) is 0. The number of hydrogen-bond donors (Lipinski definition) is 0. The molecule has 0 fully saturated rings. The summed E-state index contributed by atoms with van der Waals surface area (Å²) in [7, 11) is 0. The van der Waals surface area contributed by atoms with Gasteiger partial charge in [-0.2, -0.15) is 0 Å². The fraction of sp³-hybridized carbons (Fsp3) is 0.316. The van der Waals surface area contributed by atoms with E-state index in [0.717, 1.165) is 6.42 Å². The topological polar surface area (TPSA) is 12.4 Å². The minimum atomic E-state index is 0.192. The van der Waals surface area contributed by atoms with Crippen molar-refractivity contribution in [1.82, 2.24) is 0 Å². The summed E-state index contributed by atoms with van der Waals surface area (Å²) in [5.41, 5.74) is 7.78. The summed E-state index contributed by atoms with van der Waals surface area (Å²) in [6.45, 7) is 12.4. The first-order valence-corrected chi connectivity index (χ1v) is 7.15. The van der Waals surface area contributed by atoms with Gasteiger partial charge in [0.05, 0.1) is 6.04 Å². The van der Waals surface area contributed by atoms with Crippen LogP contribution in [0.25, 0.3) is 0 Å². The molecule has 20 heavy (non-hydrogen) atoms. The summed E-state index contributed by atoms with van der Waals surface area (Å²) in [5, 5.41) is 0. The Labute approximate surface area is 122 Å². The Bertz CT molecular complexity index is 615. The van der Waals surface area contributed by atoms with Crippen LogP contribution in [0, 0.1) is 13.8 Å². The van der Waals surface area contributed by atoms with E-state index in [1.165, 1.54) is 33.4 Å². The highest BCUT2D eigenvalue weighted by molar-refractivity contribution is 5.84. The van der Waals surface area contributed by atoms with Crippen molar-refractivity contribution < 1.29 is 0 Å². The summed E-state index contributed by atoms with van der Waals surface area (Å²) in [4.78, 5) is 4.71. The van der Waals surface area contributed by atoms with E-state index < -0.39 is 0 Å². The van der Waals surface area contributed by atoms with Crippen LogP contribution in [0.3, 0.4) is 0 Å². The molecule has 0 aromatic heterocycles. The number of benzene rings is 1. The van der Waals surface area contributed by atoms with Crippen LogP contribution in [0.15, 0.2) is 53.1 Å². The van der Waals surface area contributed by atoms with Crippen molar-refractivity contribution in [3.05, 3.63) is 70.3 Å². The van der Waals surface area contributed by atoms with Crippen molar-refractivity contribution in [3.8, 4) is 0 Å². The Morgan fingerprint density at radius 3 is 2.65 bits per heavy atom. The van der Waals surface area contributed by atoms with Crippen LogP contribution in [0.1, 0.15) is 36.1 Å². The Hall–Kier alpha value is -1.89. The van der Waals surface area contributed by atoms with E-state index in [4.69, 9.17) is 4.99 Å². The molecule has 1 atom stereocenters. The Morgan fingerprint density at radius 2 is 2.00 bits per heavy atom.